The van der Waals surface area contributed by atoms with E-state index in [2.05, 4.69) is 15.9 Å². The maximum absolute atomic E-state index is 12.9. The van der Waals surface area contributed by atoms with Crippen LogP contribution in [0.25, 0.3) is 11.1 Å². The number of allylic oxidation sites excluding steroid dienone is 1. The predicted octanol–water partition coefficient (Wildman–Crippen LogP) is 5.42. The minimum Gasteiger partial charge on any atom is -0.493 e. The SMILES string of the molecule is COc1cc2c(c(OC)c1OC)-c1ccc(SC)c(=O)cc1[C@H](OC/C=C/CBr)CC2. The lowest BCUT2D eigenvalue weighted by Gasteiger charge is -2.19. The summed E-state index contributed by atoms with van der Waals surface area (Å²) in [5.74, 6) is 1.75. The van der Waals surface area contributed by atoms with Gasteiger partial charge in [-0.15, -0.1) is 11.8 Å². The van der Waals surface area contributed by atoms with Gasteiger partial charge in [0.15, 0.2) is 16.9 Å². The number of alkyl halides is 1. The first-order chi connectivity index (χ1) is 15.1. The van der Waals surface area contributed by atoms with E-state index in [1.807, 2.05) is 36.6 Å². The van der Waals surface area contributed by atoms with Crippen LogP contribution in [0, 0.1) is 0 Å². The number of hydrogen-bond donors (Lipinski definition) is 0. The maximum Gasteiger partial charge on any atom is 0.203 e. The molecule has 5 nitrogen and oxygen atoms in total. The Bertz CT molecular complexity index is 1020. The molecule has 2 aromatic rings. The highest BCUT2D eigenvalue weighted by molar-refractivity contribution is 9.09. The molecule has 0 radical (unpaired) electrons. The standard InChI is InChI=1S/C24H27BrO5S/c1-27-20-13-15-7-9-19(30-12-6-5-11-25)17-14-18(26)21(31-4)10-8-16(17)22(15)24(29-3)23(20)28-2/h5-6,8,10,13-14,19H,7,9,11-12H2,1-4H3/b6-5+/t19-/m1/s1. The fourth-order valence-corrected chi connectivity index (χ4v) is 4.64. The largest absolute Gasteiger partial charge is 0.493 e. The summed E-state index contributed by atoms with van der Waals surface area (Å²) in [5, 5.41) is 0.774. The van der Waals surface area contributed by atoms with E-state index < -0.39 is 0 Å². The Morgan fingerprint density at radius 1 is 1.10 bits per heavy atom. The lowest BCUT2D eigenvalue weighted by Crippen LogP contribution is -2.08. The van der Waals surface area contributed by atoms with E-state index >= 15 is 0 Å². The van der Waals surface area contributed by atoms with Gasteiger partial charge in [0.05, 0.1) is 38.9 Å². The van der Waals surface area contributed by atoms with Crippen LogP contribution in [-0.4, -0.2) is 39.5 Å². The Morgan fingerprint density at radius 3 is 2.52 bits per heavy atom. The molecule has 0 spiro atoms. The second kappa shape index (κ2) is 11.1. The molecule has 0 aromatic heterocycles. The molecule has 0 heterocycles. The van der Waals surface area contributed by atoms with Gasteiger partial charge in [-0.2, -0.15) is 0 Å². The van der Waals surface area contributed by atoms with Gasteiger partial charge in [0, 0.05) is 10.9 Å². The van der Waals surface area contributed by atoms with Crippen LogP contribution in [0.15, 0.2) is 46.1 Å². The molecule has 0 aliphatic heterocycles. The summed E-state index contributed by atoms with van der Waals surface area (Å²) in [4.78, 5) is 13.6. The van der Waals surface area contributed by atoms with Crippen LogP contribution >= 0.6 is 27.7 Å². The molecule has 166 valence electrons. The van der Waals surface area contributed by atoms with Crippen molar-refractivity contribution >= 4 is 27.7 Å². The fraction of sp³-hybridized carbons (Fsp3) is 0.375. The number of hydrogen-bond acceptors (Lipinski definition) is 6. The normalized spacial score (nSPS) is 15.2. The number of benzene rings is 1. The lowest BCUT2D eigenvalue weighted by atomic mass is 9.96. The average Bonchev–Trinajstić information content (AvgIpc) is 3.03. The molecule has 0 saturated carbocycles. The number of ether oxygens (including phenoxy) is 4. The minimum atomic E-state index is -0.223. The molecule has 3 rings (SSSR count). The van der Waals surface area contributed by atoms with E-state index in [0.29, 0.717) is 28.8 Å². The van der Waals surface area contributed by atoms with E-state index in [0.717, 1.165) is 40.4 Å². The zero-order valence-electron chi connectivity index (χ0n) is 18.2. The van der Waals surface area contributed by atoms with Crippen molar-refractivity contribution in [1.29, 1.82) is 0 Å². The molecule has 1 aliphatic carbocycles. The number of fused-ring (bicyclic) bond motifs is 3. The summed E-state index contributed by atoms with van der Waals surface area (Å²) in [5.41, 5.74) is 3.75. The highest BCUT2D eigenvalue weighted by atomic mass is 79.9. The quantitative estimate of drug-likeness (QED) is 0.270. The molecule has 2 aromatic carbocycles. The van der Waals surface area contributed by atoms with Crippen molar-refractivity contribution in [3.8, 4) is 28.4 Å². The Balaban J connectivity index is 2.28. The molecule has 7 heteroatoms. The van der Waals surface area contributed by atoms with Gasteiger partial charge < -0.3 is 18.9 Å². The lowest BCUT2D eigenvalue weighted by molar-refractivity contribution is 0.0686. The number of thioether (sulfide) groups is 1. The number of halogens is 1. The highest BCUT2D eigenvalue weighted by Gasteiger charge is 2.29. The Morgan fingerprint density at radius 2 is 1.87 bits per heavy atom. The first-order valence-electron chi connectivity index (χ1n) is 9.96. The molecule has 0 bridgehead atoms. The van der Waals surface area contributed by atoms with Crippen molar-refractivity contribution in [3.63, 3.8) is 0 Å². The maximum atomic E-state index is 12.9. The summed E-state index contributed by atoms with van der Waals surface area (Å²) in [6.45, 7) is 0.470. The number of methoxy groups -OCH3 is 3. The van der Waals surface area contributed by atoms with Crippen LogP contribution in [0.2, 0.25) is 0 Å². The van der Waals surface area contributed by atoms with E-state index in [-0.39, 0.29) is 11.5 Å². The van der Waals surface area contributed by atoms with Gasteiger partial charge in [-0.1, -0.05) is 34.1 Å². The van der Waals surface area contributed by atoms with Gasteiger partial charge in [-0.05, 0) is 54.0 Å². The third-order valence-corrected chi connectivity index (χ3v) is 6.47. The molecule has 1 aliphatic rings. The molecule has 0 saturated heterocycles. The van der Waals surface area contributed by atoms with Crippen molar-refractivity contribution in [1.82, 2.24) is 0 Å². The summed E-state index contributed by atoms with van der Waals surface area (Å²) in [6.07, 6.45) is 7.15. The third-order valence-electron chi connectivity index (χ3n) is 5.31. The van der Waals surface area contributed by atoms with Gasteiger partial charge in [0.25, 0.3) is 0 Å². The van der Waals surface area contributed by atoms with Crippen LogP contribution in [0.4, 0.5) is 0 Å². The second-order valence-corrected chi connectivity index (χ2v) is 8.44. The van der Waals surface area contributed by atoms with Crippen LogP contribution in [0.1, 0.15) is 23.7 Å². The Kier molecular flexibility index (Phi) is 8.46. The first kappa shape index (κ1) is 23.7. The average molecular weight is 507 g/mol. The van der Waals surface area contributed by atoms with Crippen LogP contribution in [0.5, 0.6) is 17.2 Å². The number of aryl methyl sites for hydroxylation is 1. The molecule has 0 N–H and O–H groups in total. The van der Waals surface area contributed by atoms with Crippen LogP contribution < -0.4 is 19.6 Å². The third kappa shape index (κ3) is 4.94. The summed E-state index contributed by atoms with van der Waals surface area (Å²) < 4.78 is 23.2. The molecule has 1 atom stereocenters. The monoisotopic (exact) mass is 506 g/mol. The first-order valence-corrected chi connectivity index (χ1v) is 12.3. The molecule has 0 unspecified atom stereocenters. The molecular formula is C24H27BrO5S. The smallest absolute Gasteiger partial charge is 0.203 e. The number of rotatable bonds is 8. The fourth-order valence-electron chi connectivity index (χ4n) is 3.91. The zero-order valence-corrected chi connectivity index (χ0v) is 20.6. The zero-order chi connectivity index (χ0) is 22.4. The molecule has 31 heavy (non-hydrogen) atoms. The van der Waals surface area contributed by atoms with E-state index in [1.165, 1.54) is 11.8 Å². The second-order valence-electron chi connectivity index (χ2n) is 6.95. The van der Waals surface area contributed by atoms with Gasteiger partial charge in [-0.3, -0.25) is 4.79 Å². The van der Waals surface area contributed by atoms with Gasteiger partial charge in [0.1, 0.15) is 0 Å². The Labute approximate surface area is 195 Å². The highest BCUT2D eigenvalue weighted by Crippen LogP contribution is 2.50. The van der Waals surface area contributed by atoms with Crippen molar-refractivity contribution in [3.05, 3.63) is 57.8 Å². The summed E-state index contributed by atoms with van der Waals surface area (Å²) in [6, 6.07) is 7.57. The van der Waals surface area contributed by atoms with Crippen molar-refractivity contribution < 1.29 is 18.9 Å². The topological polar surface area (TPSA) is 54.0 Å². The van der Waals surface area contributed by atoms with Crippen LogP contribution in [-0.2, 0) is 11.2 Å². The van der Waals surface area contributed by atoms with E-state index in [9.17, 15) is 4.79 Å². The molecule has 0 amide bonds. The predicted molar refractivity (Wildman–Crippen MR) is 130 cm³/mol. The van der Waals surface area contributed by atoms with Gasteiger partial charge in [-0.25, -0.2) is 0 Å². The van der Waals surface area contributed by atoms with Gasteiger partial charge >= 0.3 is 0 Å². The van der Waals surface area contributed by atoms with Crippen molar-refractivity contribution in [2.75, 3.05) is 39.5 Å². The summed E-state index contributed by atoms with van der Waals surface area (Å²) in [7, 11) is 4.83. The molecular weight excluding hydrogens is 480 g/mol. The Hall–Kier alpha value is -1.96. The van der Waals surface area contributed by atoms with Crippen molar-refractivity contribution in [2.45, 2.75) is 23.8 Å². The van der Waals surface area contributed by atoms with E-state index in [4.69, 9.17) is 18.9 Å². The van der Waals surface area contributed by atoms with Crippen molar-refractivity contribution in [2.24, 2.45) is 0 Å². The van der Waals surface area contributed by atoms with Crippen LogP contribution in [0.3, 0.4) is 0 Å². The molecule has 0 fully saturated rings. The minimum absolute atomic E-state index is 0.0127. The van der Waals surface area contributed by atoms with Gasteiger partial charge in [0.2, 0.25) is 5.75 Å². The summed E-state index contributed by atoms with van der Waals surface area (Å²) >= 11 is 4.82. The van der Waals surface area contributed by atoms with E-state index in [1.54, 1.807) is 27.4 Å².